The highest BCUT2D eigenvalue weighted by Gasteiger charge is 2.37. The smallest absolute Gasteiger partial charge is 0.307 e. The molecule has 1 fully saturated rings. The molecule has 2 atom stereocenters. The van der Waals surface area contributed by atoms with Crippen molar-refractivity contribution in [3.8, 4) is 10.4 Å². The van der Waals surface area contributed by atoms with E-state index in [9.17, 15) is 9.90 Å². The Morgan fingerprint density at radius 2 is 2.12 bits per heavy atom. The van der Waals surface area contributed by atoms with E-state index < -0.39 is 5.97 Å². The molecule has 2 unspecified atom stereocenters. The molecule has 0 aliphatic heterocycles. The fourth-order valence-corrected chi connectivity index (χ4v) is 5.77. The highest BCUT2D eigenvalue weighted by Crippen LogP contribution is 2.45. The fraction of sp³-hybridized carbons (Fsp3) is 0.263. The van der Waals surface area contributed by atoms with Gasteiger partial charge in [-0.15, -0.1) is 23.1 Å². The van der Waals surface area contributed by atoms with Crippen molar-refractivity contribution in [3.63, 3.8) is 0 Å². The molecule has 0 amide bonds. The zero-order valence-electron chi connectivity index (χ0n) is 13.2. The van der Waals surface area contributed by atoms with E-state index in [2.05, 4.69) is 48.3 Å². The maximum atomic E-state index is 11.2. The molecule has 4 rings (SSSR count). The van der Waals surface area contributed by atoms with Crippen LogP contribution in [0, 0.1) is 12.8 Å². The minimum Gasteiger partial charge on any atom is -0.481 e. The van der Waals surface area contributed by atoms with Gasteiger partial charge in [0, 0.05) is 27.3 Å². The van der Waals surface area contributed by atoms with Crippen molar-refractivity contribution in [1.29, 1.82) is 0 Å². The number of carbonyl (C=O) groups is 1. The van der Waals surface area contributed by atoms with Gasteiger partial charge in [-0.3, -0.25) is 9.78 Å². The Bertz CT molecular complexity index is 919. The first kappa shape index (κ1) is 15.7. The number of thiophene rings is 1. The number of hydrogen-bond donors (Lipinski definition) is 1. The third kappa shape index (κ3) is 2.82. The van der Waals surface area contributed by atoms with Crippen molar-refractivity contribution < 1.29 is 9.90 Å². The predicted molar refractivity (Wildman–Crippen MR) is 99.8 cm³/mol. The van der Waals surface area contributed by atoms with Gasteiger partial charge >= 0.3 is 5.97 Å². The van der Waals surface area contributed by atoms with E-state index in [-0.39, 0.29) is 11.2 Å². The lowest BCUT2D eigenvalue weighted by molar-refractivity contribution is -0.144. The number of aromatic nitrogens is 1. The highest BCUT2D eigenvalue weighted by atomic mass is 32.2. The number of thioether (sulfide) groups is 1. The van der Waals surface area contributed by atoms with E-state index in [1.54, 1.807) is 23.1 Å². The average Bonchev–Trinajstić information content (AvgIpc) is 2.99. The van der Waals surface area contributed by atoms with Crippen molar-refractivity contribution >= 4 is 40.0 Å². The summed E-state index contributed by atoms with van der Waals surface area (Å²) in [5, 5.41) is 10.6. The number of carboxylic acid groups (broad SMARTS) is 1. The Morgan fingerprint density at radius 1 is 1.25 bits per heavy atom. The molecule has 3 nitrogen and oxygen atoms in total. The maximum absolute atomic E-state index is 11.2. The summed E-state index contributed by atoms with van der Waals surface area (Å²) in [5.74, 6) is -0.851. The molecule has 1 N–H and O–H groups in total. The number of fused-ring (bicyclic) bond motifs is 1. The summed E-state index contributed by atoms with van der Waals surface area (Å²) in [6.07, 6.45) is 3.65. The zero-order valence-corrected chi connectivity index (χ0v) is 14.9. The molecular weight excluding hydrogens is 338 g/mol. The van der Waals surface area contributed by atoms with Crippen LogP contribution in [0.2, 0.25) is 0 Å². The normalized spacial score (nSPS) is 20.0. The third-order valence-electron chi connectivity index (χ3n) is 4.54. The van der Waals surface area contributed by atoms with Gasteiger partial charge in [0.25, 0.3) is 0 Å². The molecule has 122 valence electrons. The van der Waals surface area contributed by atoms with Crippen LogP contribution in [-0.4, -0.2) is 21.3 Å². The molecule has 24 heavy (non-hydrogen) atoms. The van der Waals surface area contributed by atoms with Gasteiger partial charge in [-0.2, -0.15) is 0 Å². The molecular formula is C19H17NO2S2. The van der Waals surface area contributed by atoms with Crippen LogP contribution >= 0.6 is 23.1 Å². The van der Waals surface area contributed by atoms with Gasteiger partial charge in [0.05, 0.1) is 15.6 Å². The number of rotatable bonds is 4. The molecule has 2 aromatic heterocycles. The second kappa shape index (κ2) is 6.22. The quantitative estimate of drug-likeness (QED) is 0.696. The van der Waals surface area contributed by atoms with Crippen LogP contribution in [0.3, 0.4) is 0 Å². The minimum absolute atomic E-state index is 0.190. The Balaban J connectivity index is 1.64. The number of nitrogens with zero attached hydrogens (tertiary/aromatic N) is 1. The van der Waals surface area contributed by atoms with E-state index in [1.807, 2.05) is 6.20 Å². The Morgan fingerprint density at radius 3 is 2.88 bits per heavy atom. The van der Waals surface area contributed by atoms with Gasteiger partial charge in [-0.25, -0.2) is 0 Å². The summed E-state index contributed by atoms with van der Waals surface area (Å²) >= 11 is 3.45. The van der Waals surface area contributed by atoms with E-state index in [0.717, 1.165) is 18.4 Å². The molecule has 3 aromatic rings. The summed E-state index contributed by atoms with van der Waals surface area (Å²) < 4.78 is 1.19. The molecule has 5 heteroatoms. The van der Waals surface area contributed by atoms with Crippen LogP contribution in [0.25, 0.3) is 21.3 Å². The lowest BCUT2D eigenvalue weighted by atomic mass is 9.85. The molecule has 0 spiro atoms. The van der Waals surface area contributed by atoms with Crippen molar-refractivity contribution in [3.05, 3.63) is 48.2 Å². The van der Waals surface area contributed by atoms with Gasteiger partial charge in [0.2, 0.25) is 0 Å². The van der Waals surface area contributed by atoms with Gasteiger partial charge < -0.3 is 5.11 Å². The predicted octanol–water partition coefficient (Wildman–Crippen LogP) is 5.23. The van der Waals surface area contributed by atoms with E-state index in [1.165, 1.54) is 25.6 Å². The van der Waals surface area contributed by atoms with Crippen molar-refractivity contribution in [1.82, 2.24) is 4.98 Å². The number of carboxylic acids is 1. The molecule has 1 aliphatic rings. The van der Waals surface area contributed by atoms with E-state index in [0.29, 0.717) is 0 Å². The van der Waals surface area contributed by atoms with Gasteiger partial charge in [0.15, 0.2) is 0 Å². The SMILES string of the molecule is Cc1ccc2nccc(-c3ccc(SC4CCC4C(=O)O)s3)c2c1. The van der Waals surface area contributed by atoms with Crippen molar-refractivity contribution in [2.45, 2.75) is 29.2 Å². The highest BCUT2D eigenvalue weighted by molar-refractivity contribution is 8.01. The fourth-order valence-electron chi connectivity index (χ4n) is 3.05. The molecule has 0 radical (unpaired) electrons. The maximum Gasteiger partial charge on any atom is 0.307 e. The van der Waals surface area contributed by atoms with Gasteiger partial charge in [0.1, 0.15) is 0 Å². The number of aliphatic carboxylic acids is 1. The lowest BCUT2D eigenvalue weighted by Crippen LogP contribution is -2.34. The van der Waals surface area contributed by atoms with Crippen LogP contribution in [0.15, 0.2) is 46.8 Å². The third-order valence-corrected chi connectivity index (χ3v) is 7.23. The molecule has 1 saturated carbocycles. The second-order valence-corrected chi connectivity index (χ2v) is 8.80. The van der Waals surface area contributed by atoms with Crippen LogP contribution in [0.1, 0.15) is 18.4 Å². The van der Waals surface area contributed by atoms with Gasteiger partial charge in [-0.05, 0) is 50.1 Å². The molecule has 1 aromatic carbocycles. The summed E-state index contributed by atoms with van der Waals surface area (Å²) in [6.45, 7) is 2.09. The van der Waals surface area contributed by atoms with Crippen LogP contribution in [-0.2, 0) is 4.79 Å². The largest absolute Gasteiger partial charge is 0.481 e. The topological polar surface area (TPSA) is 50.2 Å². The lowest BCUT2D eigenvalue weighted by Gasteiger charge is -2.32. The van der Waals surface area contributed by atoms with E-state index in [4.69, 9.17) is 0 Å². The Kier molecular flexibility index (Phi) is 4.06. The average molecular weight is 355 g/mol. The number of aryl methyl sites for hydroxylation is 1. The molecule has 2 heterocycles. The first-order chi connectivity index (χ1) is 11.6. The standard InChI is InChI=1S/C19H17NO2S2/c1-11-2-4-15-14(10-11)12(8-9-20-15)16-6-7-18(23-16)24-17-5-3-13(17)19(21)22/h2,4,6-10,13,17H,3,5H2,1H3,(H,21,22). The zero-order chi connectivity index (χ0) is 16.7. The first-order valence-corrected chi connectivity index (χ1v) is 9.66. The Labute approximate surface area is 148 Å². The van der Waals surface area contributed by atoms with Crippen molar-refractivity contribution in [2.24, 2.45) is 5.92 Å². The van der Waals surface area contributed by atoms with Crippen LogP contribution < -0.4 is 0 Å². The number of benzene rings is 1. The summed E-state index contributed by atoms with van der Waals surface area (Å²) in [5.41, 5.74) is 3.43. The molecule has 1 aliphatic carbocycles. The summed E-state index contributed by atoms with van der Waals surface area (Å²) in [6, 6.07) is 12.6. The Hall–Kier alpha value is -1.85. The monoisotopic (exact) mass is 355 g/mol. The van der Waals surface area contributed by atoms with Gasteiger partial charge in [-0.1, -0.05) is 11.6 Å². The van der Waals surface area contributed by atoms with Crippen LogP contribution in [0.5, 0.6) is 0 Å². The van der Waals surface area contributed by atoms with E-state index >= 15 is 0 Å². The van der Waals surface area contributed by atoms with Crippen molar-refractivity contribution in [2.75, 3.05) is 0 Å². The second-order valence-electron chi connectivity index (χ2n) is 6.18. The van der Waals surface area contributed by atoms with Crippen LogP contribution in [0.4, 0.5) is 0 Å². The summed E-state index contributed by atoms with van der Waals surface area (Å²) in [4.78, 5) is 16.8. The first-order valence-electron chi connectivity index (χ1n) is 7.97. The molecule has 0 saturated heterocycles. The summed E-state index contributed by atoms with van der Waals surface area (Å²) in [7, 11) is 0. The molecule has 0 bridgehead atoms. The number of hydrogen-bond acceptors (Lipinski definition) is 4. The number of pyridine rings is 1. The minimum atomic E-state index is -0.661.